The van der Waals surface area contributed by atoms with E-state index in [2.05, 4.69) is 0 Å². The first-order chi connectivity index (χ1) is 10.1. The van der Waals surface area contributed by atoms with E-state index in [4.69, 9.17) is 16.3 Å². The van der Waals surface area contributed by atoms with Crippen molar-refractivity contribution in [3.8, 4) is 0 Å². The number of aryl methyl sites for hydroxylation is 1. The highest BCUT2D eigenvalue weighted by Gasteiger charge is 2.41. The highest BCUT2D eigenvalue weighted by molar-refractivity contribution is 7.99. The van der Waals surface area contributed by atoms with Crippen LogP contribution in [-0.4, -0.2) is 29.5 Å². The van der Waals surface area contributed by atoms with Gasteiger partial charge in [0.15, 0.2) is 5.78 Å². The molecule has 2 nitrogen and oxygen atoms in total. The monoisotopic (exact) mass is 324 g/mol. The molecular weight excluding hydrogens is 304 g/mol. The van der Waals surface area contributed by atoms with Crippen molar-refractivity contribution in [2.24, 2.45) is 5.92 Å². The summed E-state index contributed by atoms with van der Waals surface area (Å²) in [6, 6.07) is 5.59. The van der Waals surface area contributed by atoms with Crippen LogP contribution in [-0.2, 0) is 4.74 Å². The lowest BCUT2D eigenvalue weighted by molar-refractivity contribution is -0.0959. The van der Waals surface area contributed by atoms with Gasteiger partial charge in [0.1, 0.15) is 0 Å². The van der Waals surface area contributed by atoms with Crippen LogP contribution in [0.4, 0.5) is 0 Å². The fourth-order valence-corrected chi connectivity index (χ4v) is 4.83. The zero-order valence-corrected chi connectivity index (χ0v) is 13.9. The minimum atomic E-state index is -0.0453. The molecule has 3 rings (SSSR count). The fourth-order valence-electron chi connectivity index (χ4n) is 3.42. The minimum absolute atomic E-state index is 0.0453. The topological polar surface area (TPSA) is 26.3 Å². The number of benzene rings is 1. The predicted molar refractivity (Wildman–Crippen MR) is 88.5 cm³/mol. The van der Waals surface area contributed by atoms with Gasteiger partial charge in [-0.3, -0.25) is 4.79 Å². The molecule has 0 N–H and O–H groups in total. The van der Waals surface area contributed by atoms with Crippen LogP contribution < -0.4 is 0 Å². The molecule has 2 aliphatic heterocycles. The Kier molecular flexibility index (Phi) is 4.63. The van der Waals surface area contributed by atoms with Gasteiger partial charge >= 0.3 is 0 Å². The first kappa shape index (κ1) is 15.4. The maximum absolute atomic E-state index is 12.9. The van der Waals surface area contributed by atoms with Gasteiger partial charge < -0.3 is 4.74 Å². The van der Waals surface area contributed by atoms with Crippen LogP contribution in [0.1, 0.15) is 41.6 Å². The summed E-state index contributed by atoms with van der Waals surface area (Å²) in [6.45, 7) is 2.69. The molecule has 2 aliphatic rings. The van der Waals surface area contributed by atoms with Gasteiger partial charge in [0.25, 0.3) is 0 Å². The quantitative estimate of drug-likeness (QED) is 0.748. The van der Waals surface area contributed by atoms with Crippen molar-refractivity contribution in [2.75, 3.05) is 18.1 Å². The summed E-state index contributed by atoms with van der Waals surface area (Å²) in [5.41, 5.74) is 1.76. The van der Waals surface area contributed by atoms with Crippen molar-refractivity contribution in [3.05, 3.63) is 34.3 Å². The molecule has 2 fully saturated rings. The molecule has 0 radical (unpaired) electrons. The van der Waals surface area contributed by atoms with E-state index in [9.17, 15) is 4.79 Å². The van der Waals surface area contributed by atoms with Crippen LogP contribution in [0.25, 0.3) is 0 Å². The predicted octanol–water partition coefficient (Wildman–Crippen LogP) is 4.52. The minimum Gasteiger partial charge on any atom is -0.375 e. The van der Waals surface area contributed by atoms with Gasteiger partial charge in [-0.05, 0) is 61.8 Å². The highest BCUT2D eigenvalue weighted by Crippen LogP contribution is 2.40. The number of rotatable bonds is 2. The normalized spacial score (nSPS) is 25.0. The molecule has 0 saturated carbocycles. The second-order valence-electron chi connectivity index (χ2n) is 6.16. The lowest BCUT2D eigenvalue weighted by atomic mass is 9.78. The third-order valence-corrected chi connectivity index (χ3v) is 5.95. The Morgan fingerprint density at radius 1 is 1.38 bits per heavy atom. The lowest BCUT2D eigenvalue weighted by Crippen LogP contribution is -2.44. The Balaban J connectivity index is 1.79. The number of carbonyl (C=O) groups excluding carboxylic acids is 1. The van der Waals surface area contributed by atoms with E-state index in [0.717, 1.165) is 48.3 Å². The van der Waals surface area contributed by atoms with E-state index in [-0.39, 0.29) is 17.3 Å². The summed E-state index contributed by atoms with van der Waals surface area (Å²) in [5.74, 6) is 2.63. The second kappa shape index (κ2) is 6.31. The third kappa shape index (κ3) is 3.30. The van der Waals surface area contributed by atoms with Gasteiger partial charge in [-0.1, -0.05) is 17.7 Å². The smallest absolute Gasteiger partial charge is 0.166 e. The fraction of sp³-hybridized carbons (Fsp3) is 0.588. The number of Topliss-reactive ketones (excluding diaryl/α,β-unsaturated/α-hetero) is 1. The van der Waals surface area contributed by atoms with E-state index < -0.39 is 0 Å². The van der Waals surface area contributed by atoms with Crippen LogP contribution in [0.5, 0.6) is 0 Å². The average molecular weight is 325 g/mol. The second-order valence-corrected chi connectivity index (χ2v) is 7.82. The van der Waals surface area contributed by atoms with E-state index in [0.29, 0.717) is 11.6 Å². The van der Waals surface area contributed by atoms with E-state index in [1.165, 1.54) is 0 Å². The molecule has 2 heterocycles. The molecule has 2 saturated heterocycles. The lowest BCUT2D eigenvalue weighted by Gasteiger charge is -2.43. The van der Waals surface area contributed by atoms with Crippen LogP contribution >= 0.6 is 23.4 Å². The van der Waals surface area contributed by atoms with E-state index in [1.54, 1.807) is 0 Å². The van der Waals surface area contributed by atoms with Crippen molar-refractivity contribution in [3.63, 3.8) is 0 Å². The maximum atomic E-state index is 12.9. The molecule has 1 unspecified atom stereocenters. The SMILES string of the molecule is Cc1ccc(Cl)cc1C(=O)C1CCOC2(CCSCC2)C1. The Labute approximate surface area is 135 Å². The number of thioether (sulfide) groups is 1. The van der Waals surface area contributed by atoms with Crippen molar-refractivity contribution >= 4 is 29.1 Å². The third-order valence-electron chi connectivity index (χ3n) is 4.73. The molecule has 0 aliphatic carbocycles. The Morgan fingerprint density at radius 2 is 2.14 bits per heavy atom. The first-order valence-electron chi connectivity index (χ1n) is 7.62. The van der Waals surface area contributed by atoms with Crippen LogP contribution in [0.15, 0.2) is 18.2 Å². The molecule has 114 valence electrons. The molecule has 21 heavy (non-hydrogen) atoms. The molecule has 0 bridgehead atoms. The standard InChI is InChI=1S/C17H21ClO2S/c1-12-2-3-14(18)10-15(12)16(19)13-4-7-20-17(11-13)5-8-21-9-6-17/h2-3,10,13H,4-9,11H2,1H3. The summed E-state index contributed by atoms with van der Waals surface area (Å²) in [5, 5.41) is 0.639. The zero-order chi connectivity index (χ0) is 14.9. The average Bonchev–Trinajstić information content (AvgIpc) is 2.50. The highest BCUT2D eigenvalue weighted by atomic mass is 35.5. The maximum Gasteiger partial charge on any atom is 0.166 e. The van der Waals surface area contributed by atoms with Crippen LogP contribution in [0.2, 0.25) is 5.02 Å². The molecule has 1 spiro atoms. The number of halogens is 1. The Morgan fingerprint density at radius 3 is 2.90 bits per heavy atom. The van der Waals surface area contributed by atoms with Crippen molar-refractivity contribution in [1.29, 1.82) is 0 Å². The number of carbonyl (C=O) groups is 1. The summed E-state index contributed by atoms with van der Waals surface area (Å²) < 4.78 is 6.09. The summed E-state index contributed by atoms with van der Waals surface area (Å²) in [6.07, 6.45) is 3.87. The Bertz CT molecular complexity index is 532. The zero-order valence-electron chi connectivity index (χ0n) is 12.4. The van der Waals surface area contributed by atoms with E-state index in [1.807, 2.05) is 36.9 Å². The number of ether oxygens (including phenoxy) is 1. The molecule has 1 aromatic rings. The van der Waals surface area contributed by atoms with Crippen molar-refractivity contribution < 1.29 is 9.53 Å². The molecule has 4 heteroatoms. The van der Waals surface area contributed by atoms with Gasteiger partial charge in [0.2, 0.25) is 0 Å². The van der Waals surface area contributed by atoms with Gasteiger partial charge in [0.05, 0.1) is 5.60 Å². The number of hydrogen-bond donors (Lipinski definition) is 0. The summed E-state index contributed by atoms with van der Waals surface area (Å²) in [4.78, 5) is 12.9. The number of ketones is 1. The van der Waals surface area contributed by atoms with Gasteiger partial charge in [-0.2, -0.15) is 11.8 Å². The molecule has 1 aromatic carbocycles. The van der Waals surface area contributed by atoms with E-state index >= 15 is 0 Å². The summed E-state index contributed by atoms with van der Waals surface area (Å²) >= 11 is 8.05. The molecule has 1 atom stereocenters. The molecule has 0 amide bonds. The largest absolute Gasteiger partial charge is 0.375 e. The molecule has 0 aromatic heterocycles. The number of hydrogen-bond acceptors (Lipinski definition) is 3. The first-order valence-corrected chi connectivity index (χ1v) is 9.15. The molecular formula is C17H21ClO2S. The summed E-state index contributed by atoms with van der Waals surface area (Å²) in [7, 11) is 0. The van der Waals surface area contributed by atoms with Gasteiger partial charge in [-0.15, -0.1) is 0 Å². The van der Waals surface area contributed by atoms with Crippen molar-refractivity contribution in [2.45, 2.75) is 38.2 Å². The van der Waals surface area contributed by atoms with Crippen LogP contribution in [0.3, 0.4) is 0 Å². The Hall–Kier alpha value is -0.510. The van der Waals surface area contributed by atoms with Crippen molar-refractivity contribution in [1.82, 2.24) is 0 Å². The van der Waals surface area contributed by atoms with Crippen LogP contribution in [0, 0.1) is 12.8 Å². The van der Waals surface area contributed by atoms with Gasteiger partial charge in [-0.25, -0.2) is 0 Å². The van der Waals surface area contributed by atoms with Gasteiger partial charge in [0, 0.05) is 23.1 Å².